The highest BCUT2D eigenvalue weighted by atomic mass is 32.1. The van der Waals surface area contributed by atoms with Gasteiger partial charge in [0, 0.05) is 18.6 Å². The lowest BCUT2D eigenvalue weighted by Crippen LogP contribution is -2.40. The summed E-state index contributed by atoms with van der Waals surface area (Å²) in [5.41, 5.74) is 5.85. The highest BCUT2D eigenvalue weighted by molar-refractivity contribution is 7.18. The van der Waals surface area contributed by atoms with Crippen LogP contribution in [0.4, 0.5) is 10.9 Å². The molecule has 116 valence electrons. The lowest BCUT2D eigenvalue weighted by atomic mass is 10.3. The molecular formula is C14H23N5OS. The summed E-state index contributed by atoms with van der Waals surface area (Å²) >= 11 is 1.35. The molecular weight excluding hydrogens is 286 g/mol. The molecule has 0 spiro atoms. The molecule has 7 heteroatoms. The Labute approximate surface area is 129 Å². The van der Waals surface area contributed by atoms with Crippen LogP contribution in [0.15, 0.2) is 0 Å². The third-order valence-corrected chi connectivity index (χ3v) is 5.09. The maximum Gasteiger partial charge on any atom is 0.265 e. The summed E-state index contributed by atoms with van der Waals surface area (Å²) in [4.78, 5) is 19.4. The SMILES string of the molecule is CC(CNC(=O)c1sc(NC2CC2)nc1N)N1CCCC1. The molecule has 3 rings (SSSR count). The molecule has 6 nitrogen and oxygen atoms in total. The second-order valence-corrected chi connectivity index (χ2v) is 6.95. The van der Waals surface area contributed by atoms with Gasteiger partial charge in [0.1, 0.15) is 10.7 Å². The second kappa shape index (κ2) is 6.19. The van der Waals surface area contributed by atoms with Gasteiger partial charge < -0.3 is 16.4 Å². The van der Waals surface area contributed by atoms with E-state index in [0.29, 0.717) is 29.3 Å². The van der Waals surface area contributed by atoms with Gasteiger partial charge in [0.2, 0.25) is 0 Å². The van der Waals surface area contributed by atoms with E-state index in [9.17, 15) is 4.79 Å². The summed E-state index contributed by atoms with van der Waals surface area (Å²) in [5, 5.41) is 7.02. The molecule has 1 saturated heterocycles. The summed E-state index contributed by atoms with van der Waals surface area (Å²) in [5.74, 6) is 0.217. The smallest absolute Gasteiger partial charge is 0.265 e. The zero-order valence-electron chi connectivity index (χ0n) is 12.4. The van der Waals surface area contributed by atoms with E-state index < -0.39 is 0 Å². The molecule has 2 aliphatic rings. The molecule has 1 atom stereocenters. The fourth-order valence-electron chi connectivity index (χ4n) is 2.59. The molecule has 21 heavy (non-hydrogen) atoms. The first-order chi connectivity index (χ1) is 10.1. The molecule has 2 heterocycles. The Morgan fingerprint density at radius 3 is 2.86 bits per heavy atom. The molecule has 1 aromatic rings. The van der Waals surface area contributed by atoms with E-state index in [1.54, 1.807) is 0 Å². The van der Waals surface area contributed by atoms with Crippen LogP contribution >= 0.6 is 11.3 Å². The molecule has 4 N–H and O–H groups in total. The van der Waals surface area contributed by atoms with Crippen LogP contribution in [0.1, 0.15) is 42.3 Å². The number of likely N-dealkylation sites (tertiary alicyclic amines) is 1. The number of hydrogen-bond donors (Lipinski definition) is 3. The predicted molar refractivity (Wildman–Crippen MR) is 85.8 cm³/mol. The minimum absolute atomic E-state index is 0.111. The number of carbonyl (C=O) groups excluding carboxylic acids is 1. The van der Waals surface area contributed by atoms with Crippen molar-refractivity contribution >= 4 is 28.2 Å². The Morgan fingerprint density at radius 1 is 1.48 bits per heavy atom. The van der Waals surface area contributed by atoms with Gasteiger partial charge in [0.05, 0.1) is 0 Å². The van der Waals surface area contributed by atoms with E-state index in [1.165, 1.54) is 37.0 Å². The molecule has 1 saturated carbocycles. The molecule has 2 fully saturated rings. The highest BCUT2D eigenvalue weighted by Gasteiger charge is 2.24. The number of nitrogen functional groups attached to an aromatic ring is 1. The van der Waals surface area contributed by atoms with Crippen LogP contribution in [0.25, 0.3) is 0 Å². The molecule has 0 radical (unpaired) electrons. The van der Waals surface area contributed by atoms with Gasteiger partial charge in [-0.05, 0) is 45.7 Å². The van der Waals surface area contributed by atoms with Crippen molar-refractivity contribution in [3.63, 3.8) is 0 Å². The van der Waals surface area contributed by atoms with Crippen LogP contribution < -0.4 is 16.4 Å². The normalized spacial score (nSPS) is 20.4. The van der Waals surface area contributed by atoms with Gasteiger partial charge in [-0.15, -0.1) is 0 Å². The zero-order chi connectivity index (χ0) is 14.8. The molecule has 1 aliphatic carbocycles. The van der Waals surface area contributed by atoms with Gasteiger partial charge >= 0.3 is 0 Å². The van der Waals surface area contributed by atoms with Crippen LogP contribution in [-0.2, 0) is 0 Å². The fourth-order valence-corrected chi connectivity index (χ4v) is 3.47. The van der Waals surface area contributed by atoms with Crippen molar-refractivity contribution in [1.82, 2.24) is 15.2 Å². The van der Waals surface area contributed by atoms with E-state index >= 15 is 0 Å². The van der Waals surface area contributed by atoms with Crippen molar-refractivity contribution in [1.29, 1.82) is 0 Å². The van der Waals surface area contributed by atoms with E-state index in [4.69, 9.17) is 5.73 Å². The number of thiazole rings is 1. The maximum atomic E-state index is 12.2. The number of amides is 1. The second-order valence-electron chi connectivity index (χ2n) is 5.95. The summed E-state index contributed by atoms with van der Waals surface area (Å²) in [6, 6.07) is 0.885. The average Bonchev–Trinajstić information content (AvgIpc) is 2.97. The predicted octanol–water partition coefficient (Wildman–Crippen LogP) is 1.51. The first kappa shape index (κ1) is 14.6. The Hall–Kier alpha value is -1.34. The topological polar surface area (TPSA) is 83.3 Å². The van der Waals surface area contributed by atoms with Gasteiger partial charge in [-0.1, -0.05) is 11.3 Å². The summed E-state index contributed by atoms with van der Waals surface area (Å²) in [6.45, 7) is 5.08. The Kier molecular flexibility index (Phi) is 4.30. The highest BCUT2D eigenvalue weighted by Crippen LogP contribution is 2.30. The number of anilines is 2. The van der Waals surface area contributed by atoms with Crippen LogP contribution in [0.2, 0.25) is 0 Å². The number of rotatable bonds is 6. The van der Waals surface area contributed by atoms with E-state index in [1.807, 2.05) is 0 Å². The number of nitrogens with two attached hydrogens (primary N) is 1. The monoisotopic (exact) mass is 309 g/mol. The quantitative estimate of drug-likeness (QED) is 0.742. The van der Waals surface area contributed by atoms with Gasteiger partial charge in [-0.3, -0.25) is 9.69 Å². The molecule has 1 aromatic heterocycles. The van der Waals surface area contributed by atoms with Gasteiger partial charge in [-0.2, -0.15) is 0 Å². The number of carbonyl (C=O) groups is 1. The molecule has 1 aliphatic heterocycles. The lowest BCUT2D eigenvalue weighted by molar-refractivity contribution is 0.0945. The third-order valence-electron chi connectivity index (χ3n) is 4.09. The van der Waals surface area contributed by atoms with Crippen LogP contribution in [0.5, 0.6) is 0 Å². The average molecular weight is 309 g/mol. The number of aromatic nitrogens is 1. The Bertz CT molecular complexity index is 507. The van der Waals surface area contributed by atoms with Crippen LogP contribution in [0.3, 0.4) is 0 Å². The first-order valence-electron chi connectivity index (χ1n) is 7.68. The summed E-state index contributed by atoms with van der Waals surface area (Å²) in [6.07, 6.45) is 4.87. The van der Waals surface area contributed by atoms with Crippen molar-refractivity contribution in [3.05, 3.63) is 4.88 Å². The molecule has 1 amide bonds. The van der Waals surface area contributed by atoms with Crippen molar-refractivity contribution < 1.29 is 4.79 Å². The maximum absolute atomic E-state index is 12.2. The van der Waals surface area contributed by atoms with E-state index in [-0.39, 0.29) is 5.91 Å². The van der Waals surface area contributed by atoms with E-state index in [0.717, 1.165) is 18.2 Å². The zero-order valence-corrected chi connectivity index (χ0v) is 13.2. The third kappa shape index (κ3) is 3.65. The molecule has 1 unspecified atom stereocenters. The summed E-state index contributed by atoms with van der Waals surface area (Å²) in [7, 11) is 0. The minimum Gasteiger partial charge on any atom is -0.382 e. The fraction of sp³-hybridized carbons (Fsp3) is 0.714. The lowest BCUT2D eigenvalue weighted by Gasteiger charge is -2.23. The van der Waals surface area contributed by atoms with Crippen molar-refractivity contribution in [3.8, 4) is 0 Å². The Balaban J connectivity index is 1.53. The standard InChI is InChI=1S/C14H23N5OS/c1-9(19-6-2-3-7-19)8-16-13(20)11-12(15)18-14(21-11)17-10-4-5-10/h9-10H,2-8,15H2,1H3,(H,16,20)(H,17,18). The van der Waals surface area contributed by atoms with Crippen LogP contribution in [0, 0.1) is 0 Å². The minimum atomic E-state index is -0.111. The first-order valence-corrected chi connectivity index (χ1v) is 8.50. The largest absolute Gasteiger partial charge is 0.382 e. The van der Waals surface area contributed by atoms with E-state index in [2.05, 4.69) is 27.4 Å². The molecule has 0 aromatic carbocycles. The number of nitrogens with zero attached hydrogens (tertiary/aromatic N) is 2. The van der Waals surface area contributed by atoms with Crippen molar-refractivity contribution in [2.75, 3.05) is 30.7 Å². The number of nitrogens with one attached hydrogen (secondary N) is 2. The van der Waals surface area contributed by atoms with Gasteiger partial charge in [0.25, 0.3) is 5.91 Å². The van der Waals surface area contributed by atoms with Crippen LogP contribution in [-0.4, -0.2) is 47.5 Å². The number of hydrogen-bond acceptors (Lipinski definition) is 6. The summed E-state index contributed by atoms with van der Waals surface area (Å²) < 4.78 is 0. The van der Waals surface area contributed by atoms with Crippen molar-refractivity contribution in [2.24, 2.45) is 0 Å². The van der Waals surface area contributed by atoms with Gasteiger partial charge in [0.15, 0.2) is 5.13 Å². The Morgan fingerprint density at radius 2 is 2.19 bits per heavy atom. The van der Waals surface area contributed by atoms with Crippen molar-refractivity contribution in [2.45, 2.75) is 44.7 Å². The molecule has 0 bridgehead atoms. The van der Waals surface area contributed by atoms with Gasteiger partial charge in [-0.25, -0.2) is 4.98 Å².